The minimum Gasteiger partial charge on any atom is -0.393 e. The van der Waals surface area contributed by atoms with E-state index in [0.717, 1.165) is 35.8 Å². The van der Waals surface area contributed by atoms with Gasteiger partial charge in [0.2, 0.25) is 0 Å². The Morgan fingerprint density at radius 2 is 2.16 bits per heavy atom. The Bertz CT molecular complexity index is 427. The topological polar surface area (TPSA) is 32.3 Å². The van der Waals surface area contributed by atoms with Gasteiger partial charge < -0.3 is 10.4 Å². The van der Waals surface area contributed by atoms with Crippen LogP contribution in [0.25, 0.3) is 0 Å². The molecule has 1 aliphatic carbocycles. The van der Waals surface area contributed by atoms with E-state index in [0.29, 0.717) is 5.92 Å². The van der Waals surface area contributed by atoms with Gasteiger partial charge in [-0.25, -0.2) is 4.39 Å². The Labute approximate surface area is 122 Å². The fourth-order valence-electron chi connectivity index (χ4n) is 2.72. The average molecular weight is 330 g/mol. The Hall–Kier alpha value is -0.450. The van der Waals surface area contributed by atoms with E-state index in [1.54, 1.807) is 6.07 Å². The van der Waals surface area contributed by atoms with Crippen molar-refractivity contribution < 1.29 is 9.50 Å². The van der Waals surface area contributed by atoms with E-state index < -0.39 is 0 Å². The number of halogens is 2. The van der Waals surface area contributed by atoms with Crippen molar-refractivity contribution in [2.24, 2.45) is 5.92 Å². The lowest BCUT2D eigenvalue weighted by Crippen LogP contribution is -2.35. The predicted molar refractivity (Wildman–Crippen MR) is 78.5 cm³/mol. The lowest BCUT2D eigenvalue weighted by atomic mass is 9.86. The number of aliphatic hydroxyl groups excluding tert-OH is 1. The number of hydrogen-bond acceptors (Lipinski definition) is 2. The van der Waals surface area contributed by atoms with Crippen molar-refractivity contribution >= 4 is 15.9 Å². The second-order valence-electron chi connectivity index (χ2n) is 5.41. The average Bonchev–Trinajstić information content (AvgIpc) is 2.37. The largest absolute Gasteiger partial charge is 0.393 e. The third-order valence-electron chi connectivity index (χ3n) is 3.98. The summed E-state index contributed by atoms with van der Waals surface area (Å²) in [7, 11) is 0. The quantitative estimate of drug-likeness (QED) is 0.880. The third-order valence-corrected chi connectivity index (χ3v) is 4.67. The molecule has 19 heavy (non-hydrogen) atoms. The van der Waals surface area contributed by atoms with Gasteiger partial charge in [-0.15, -0.1) is 0 Å². The van der Waals surface area contributed by atoms with Crippen molar-refractivity contribution in [2.75, 3.05) is 6.54 Å². The molecule has 0 saturated heterocycles. The summed E-state index contributed by atoms with van der Waals surface area (Å²) in [6.07, 6.45) is 4.17. The van der Waals surface area contributed by atoms with E-state index in [1.807, 2.05) is 0 Å². The maximum atomic E-state index is 13.1. The first-order valence-corrected chi connectivity index (χ1v) is 7.73. The standard InChI is InChI=1S/C15H21BrFNO/c1-10(13-7-6-12(17)8-14(13)16)18-9-11-4-2-3-5-15(11)19/h6-8,10-11,15,18-19H,2-5,9H2,1H3. The summed E-state index contributed by atoms with van der Waals surface area (Å²) in [5, 5.41) is 13.4. The molecule has 1 aliphatic rings. The zero-order chi connectivity index (χ0) is 13.8. The van der Waals surface area contributed by atoms with Gasteiger partial charge in [0.05, 0.1) is 6.10 Å². The summed E-state index contributed by atoms with van der Waals surface area (Å²) in [6, 6.07) is 4.91. The van der Waals surface area contributed by atoms with Gasteiger partial charge in [0.1, 0.15) is 5.82 Å². The maximum absolute atomic E-state index is 13.1. The van der Waals surface area contributed by atoms with E-state index in [1.165, 1.54) is 18.6 Å². The number of hydrogen-bond donors (Lipinski definition) is 2. The highest BCUT2D eigenvalue weighted by molar-refractivity contribution is 9.10. The molecule has 1 aromatic carbocycles. The lowest BCUT2D eigenvalue weighted by Gasteiger charge is -2.29. The molecule has 1 fully saturated rings. The normalized spacial score (nSPS) is 25.3. The highest BCUT2D eigenvalue weighted by Gasteiger charge is 2.23. The van der Waals surface area contributed by atoms with Crippen molar-refractivity contribution in [3.63, 3.8) is 0 Å². The van der Waals surface area contributed by atoms with E-state index in [9.17, 15) is 9.50 Å². The highest BCUT2D eigenvalue weighted by atomic mass is 79.9. The molecule has 4 heteroatoms. The van der Waals surface area contributed by atoms with Crippen LogP contribution in [0.15, 0.2) is 22.7 Å². The van der Waals surface area contributed by atoms with Crippen LogP contribution in [0.5, 0.6) is 0 Å². The van der Waals surface area contributed by atoms with Gasteiger partial charge in [0.25, 0.3) is 0 Å². The first-order chi connectivity index (χ1) is 9.08. The van der Waals surface area contributed by atoms with Crippen LogP contribution < -0.4 is 5.32 Å². The molecule has 1 saturated carbocycles. The van der Waals surface area contributed by atoms with Gasteiger partial charge in [0, 0.05) is 17.1 Å². The van der Waals surface area contributed by atoms with Crippen LogP contribution in [0.1, 0.15) is 44.2 Å². The molecule has 0 radical (unpaired) electrons. The molecule has 2 nitrogen and oxygen atoms in total. The number of nitrogens with one attached hydrogen (secondary N) is 1. The van der Waals surface area contributed by atoms with E-state index in [-0.39, 0.29) is 18.0 Å². The molecule has 3 unspecified atom stereocenters. The molecule has 3 atom stereocenters. The first-order valence-electron chi connectivity index (χ1n) is 6.94. The van der Waals surface area contributed by atoms with Gasteiger partial charge in [0.15, 0.2) is 0 Å². The summed E-state index contributed by atoms with van der Waals surface area (Å²) in [5.74, 6) is 0.112. The minimum absolute atomic E-state index is 0.143. The Balaban J connectivity index is 1.91. The SMILES string of the molecule is CC(NCC1CCCCC1O)c1ccc(F)cc1Br. The van der Waals surface area contributed by atoms with Gasteiger partial charge in [-0.05, 0) is 43.4 Å². The number of benzene rings is 1. The molecule has 0 aromatic heterocycles. The zero-order valence-corrected chi connectivity index (χ0v) is 12.8. The Morgan fingerprint density at radius 1 is 1.42 bits per heavy atom. The van der Waals surface area contributed by atoms with Crippen LogP contribution in [0, 0.1) is 11.7 Å². The van der Waals surface area contributed by atoms with E-state index >= 15 is 0 Å². The van der Waals surface area contributed by atoms with Crippen LogP contribution in [-0.4, -0.2) is 17.8 Å². The van der Waals surface area contributed by atoms with E-state index in [4.69, 9.17) is 0 Å². The van der Waals surface area contributed by atoms with Crippen molar-refractivity contribution in [3.05, 3.63) is 34.1 Å². The van der Waals surface area contributed by atoms with Crippen molar-refractivity contribution in [2.45, 2.75) is 44.8 Å². The Kier molecular flexibility index (Phi) is 5.37. The lowest BCUT2D eigenvalue weighted by molar-refractivity contribution is 0.0684. The van der Waals surface area contributed by atoms with Crippen LogP contribution in [0.2, 0.25) is 0 Å². The fraction of sp³-hybridized carbons (Fsp3) is 0.600. The molecule has 0 amide bonds. The van der Waals surface area contributed by atoms with Crippen LogP contribution >= 0.6 is 15.9 Å². The van der Waals surface area contributed by atoms with Crippen LogP contribution in [0.3, 0.4) is 0 Å². The van der Waals surface area contributed by atoms with Crippen molar-refractivity contribution in [1.82, 2.24) is 5.32 Å². The molecule has 106 valence electrons. The van der Waals surface area contributed by atoms with Gasteiger partial charge in [-0.2, -0.15) is 0 Å². The first kappa shape index (κ1) is 14.9. The molecule has 2 N–H and O–H groups in total. The van der Waals surface area contributed by atoms with Crippen LogP contribution in [-0.2, 0) is 0 Å². The molecule has 2 rings (SSSR count). The summed E-state index contributed by atoms with van der Waals surface area (Å²) < 4.78 is 13.8. The monoisotopic (exact) mass is 329 g/mol. The van der Waals surface area contributed by atoms with Crippen molar-refractivity contribution in [3.8, 4) is 0 Å². The maximum Gasteiger partial charge on any atom is 0.124 e. The number of rotatable bonds is 4. The van der Waals surface area contributed by atoms with Gasteiger partial charge in [-0.3, -0.25) is 0 Å². The number of aliphatic hydroxyl groups is 1. The molecular formula is C15H21BrFNO. The summed E-state index contributed by atoms with van der Waals surface area (Å²) in [6.45, 7) is 2.87. The second-order valence-corrected chi connectivity index (χ2v) is 6.26. The van der Waals surface area contributed by atoms with Gasteiger partial charge >= 0.3 is 0 Å². The molecule has 0 bridgehead atoms. The predicted octanol–water partition coefficient (Wildman–Crippen LogP) is 3.79. The van der Waals surface area contributed by atoms with Gasteiger partial charge in [-0.1, -0.05) is 34.8 Å². The summed E-state index contributed by atoms with van der Waals surface area (Å²) in [4.78, 5) is 0. The fourth-order valence-corrected chi connectivity index (χ4v) is 3.41. The minimum atomic E-state index is -0.231. The smallest absolute Gasteiger partial charge is 0.124 e. The zero-order valence-electron chi connectivity index (χ0n) is 11.2. The second kappa shape index (κ2) is 6.82. The summed E-state index contributed by atoms with van der Waals surface area (Å²) >= 11 is 3.40. The summed E-state index contributed by atoms with van der Waals surface area (Å²) in [5.41, 5.74) is 1.05. The van der Waals surface area contributed by atoms with Crippen molar-refractivity contribution in [1.29, 1.82) is 0 Å². The molecule has 0 heterocycles. The highest BCUT2D eigenvalue weighted by Crippen LogP contribution is 2.27. The molecular weight excluding hydrogens is 309 g/mol. The molecule has 0 aliphatic heterocycles. The third kappa shape index (κ3) is 4.01. The molecule has 0 spiro atoms. The van der Waals surface area contributed by atoms with E-state index in [2.05, 4.69) is 28.2 Å². The van der Waals surface area contributed by atoms with Crippen LogP contribution in [0.4, 0.5) is 4.39 Å². The molecule has 1 aromatic rings. The Morgan fingerprint density at radius 3 is 2.84 bits per heavy atom.